The molecule has 0 nitrogen and oxygen atoms in total. The van der Waals surface area contributed by atoms with Gasteiger partial charge < -0.3 is 0 Å². The molecule has 2 aromatic carbocycles. The molecule has 0 atom stereocenters. The second kappa shape index (κ2) is 65.7. The van der Waals surface area contributed by atoms with Gasteiger partial charge in [0.2, 0.25) is 0 Å². The fraction of sp³-hybridized carbons (Fsp3) is 0.878. The van der Waals surface area contributed by atoms with E-state index >= 15 is 0 Å². The molecule has 0 aliphatic heterocycles. The Kier molecular flexibility index (Phi) is 61.5. The molecule has 0 saturated carbocycles. The minimum atomic E-state index is 1.27. The van der Waals surface area contributed by atoms with E-state index in [1.165, 1.54) is 460 Å². The summed E-state index contributed by atoms with van der Waals surface area (Å²) >= 11 is 0. The van der Waals surface area contributed by atoms with Crippen molar-refractivity contribution >= 4 is 10.8 Å². The molecular formula is C82H152. The Morgan fingerprint density at radius 3 is 0.573 bits per heavy atom. The third kappa shape index (κ3) is 53.0. The number of benzene rings is 2. The third-order valence-corrected chi connectivity index (χ3v) is 19.7. The lowest BCUT2D eigenvalue weighted by Gasteiger charge is -2.14. The summed E-state index contributed by atoms with van der Waals surface area (Å²) in [6, 6.07) is 14.1. The molecule has 0 bridgehead atoms. The van der Waals surface area contributed by atoms with Crippen LogP contribution in [-0.4, -0.2) is 0 Å². The van der Waals surface area contributed by atoms with Gasteiger partial charge in [0.05, 0.1) is 0 Å². The maximum absolute atomic E-state index is 2.49. The van der Waals surface area contributed by atoms with Gasteiger partial charge in [-0.1, -0.05) is 474 Å². The van der Waals surface area contributed by atoms with Crippen LogP contribution in [0, 0.1) is 0 Å². The molecule has 0 heterocycles. The normalized spacial score (nSPS) is 11.8. The van der Waals surface area contributed by atoms with Crippen LogP contribution in [0.5, 0.6) is 0 Å². The lowest BCUT2D eigenvalue weighted by Crippen LogP contribution is -1.97. The number of fused-ring (bicyclic) bond motifs is 1. The van der Waals surface area contributed by atoms with Crippen molar-refractivity contribution in [2.45, 2.75) is 463 Å². The molecule has 0 N–H and O–H groups in total. The highest BCUT2D eigenvalue weighted by Crippen LogP contribution is 2.28. The number of hydrogen-bond donors (Lipinski definition) is 0. The molecule has 0 aromatic heterocycles. The van der Waals surface area contributed by atoms with Crippen molar-refractivity contribution in [2.75, 3.05) is 0 Å². The maximum Gasteiger partial charge on any atom is -0.0149 e. The Bertz CT molecular complexity index is 1480. The minimum Gasteiger partial charge on any atom is -0.0654 e. The molecule has 2 rings (SSSR count). The Balaban J connectivity index is 1.28. The summed E-state index contributed by atoms with van der Waals surface area (Å²) in [5.74, 6) is 0. The minimum absolute atomic E-state index is 1.27. The summed E-state index contributed by atoms with van der Waals surface area (Å²) in [6.07, 6.45) is 103. The molecule has 0 heteroatoms. The molecule has 0 saturated heterocycles. The van der Waals surface area contributed by atoms with Gasteiger partial charge in [0, 0.05) is 0 Å². The monoisotopic (exact) mass is 1140 g/mol. The van der Waals surface area contributed by atoms with Crippen LogP contribution in [-0.2, 0) is 12.8 Å². The second-order valence-electron chi connectivity index (χ2n) is 27.8. The smallest absolute Gasteiger partial charge is 0.0149 e. The first-order valence-electron chi connectivity index (χ1n) is 39.4. The van der Waals surface area contributed by atoms with Gasteiger partial charge in [-0.05, 0) is 47.6 Å². The van der Waals surface area contributed by atoms with Gasteiger partial charge >= 0.3 is 0 Å². The van der Waals surface area contributed by atoms with Crippen LogP contribution in [0.4, 0.5) is 0 Å². The predicted octanol–water partition coefficient (Wildman–Crippen LogP) is 30.5. The van der Waals surface area contributed by atoms with Crippen LogP contribution in [0.3, 0.4) is 0 Å². The Morgan fingerprint density at radius 1 is 0.171 bits per heavy atom. The zero-order chi connectivity index (χ0) is 58.0. The standard InChI is InChI=1S/C82H152/c1-3-5-7-9-11-13-15-17-19-21-23-25-27-29-31-33-35-37-39-41-43-45-47-49-51-53-55-57-59-61-63-65-67-69-73-79-77-78-80-74-71-72-76-82(80)81(79)75-70-68-66-64-62-60-58-56-54-52-50-48-46-44-42-40-38-36-34-32-30-28-26-24-22-20-18-16-14-12-10-8-6-4-2/h71-72,74,76-78H,3-70,73,75H2,1-2H3. The molecule has 2 aromatic rings. The van der Waals surface area contributed by atoms with Gasteiger partial charge in [-0.25, -0.2) is 0 Å². The van der Waals surface area contributed by atoms with Gasteiger partial charge in [0.25, 0.3) is 0 Å². The van der Waals surface area contributed by atoms with E-state index < -0.39 is 0 Å². The van der Waals surface area contributed by atoms with Gasteiger partial charge in [-0.3, -0.25) is 0 Å². The van der Waals surface area contributed by atoms with E-state index in [4.69, 9.17) is 0 Å². The highest BCUT2D eigenvalue weighted by molar-refractivity contribution is 5.86. The summed E-state index contributed by atoms with van der Waals surface area (Å²) in [5.41, 5.74) is 3.33. The molecule has 0 unspecified atom stereocenters. The number of aryl methyl sites for hydroxylation is 2. The summed E-state index contributed by atoms with van der Waals surface area (Å²) in [6.45, 7) is 4.63. The van der Waals surface area contributed by atoms with Crippen LogP contribution in [0.25, 0.3) is 10.8 Å². The van der Waals surface area contributed by atoms with Crippen molar-refractivity contribution in [1.82, 2.24) is 0 Å². The van der Waals surface area contributed by atoms with Crippen molar-refractivity contribution < 1.29 is 0 Å². The van der Waals surface area contributed by atoms with E-state index in [0.29, 0.717) is 0 Å². The average Bonchev–Trinajstić information content (AvgIpc) is 3.66. The molecule has 0 fully saturated rings. The fourth-order valence-corrected chi connectivity index (χ4v) is 14.0. The summed E-state index contributed by atoms with van der Waals surface area (Å²) in [4.78, 5) is 0. The summed E-state index contributed by atoms with van der Waals surface area (Å²) < 4.78 is 0. The molecule has 480 valence electrons. The number of unbranched alkanes of at least 4 members (excludes halogenated alkanes) is 66. The van der Waals surface area contributed by atoms with E-state index in [-0.39, 0.29) is 0 Å². The molecule has 0 aliphatic rings. The molecule has 0 aliphatic carbocycles. The van der Waals surface area contributed by atoms with Crippen molar-refractivity contribution in [3.63, 3.8) is 0 Å². The second-order valence-corrected chi connectivity index (χ2v) is 27.8. The summed E-state index contributed by atoms with van der Waals surface area (Å²) in [5, 5.41) is 2.98. The predicted molar refractivity (Wildman–Crippen MR) is 377 cm³/mol. The van der Waals surface area contributed by atoms with Gasteiger partial charge in [-0.2, -0.15) is 0 Å². The topological polar surface area (TPSA) is 0 Å². The van der Waals surface area contributed by atoms with Gasteiger partial charge in [0.15, 0.2) is 0 Å². The number of hydrogen-bond acceptors (Lipinski definition) is 0. The third-order valence-electron chi connectivity index (χ3n) is 19.7. The van der Waals surface area contributed by atoms with Crippen LogP contribution in [0.1, 0.15) is 462 Å². The lowest BCUT2D eigenvalue weighted by atomic mass is 9.91. The van der Waals surface area contributed by atoms with E-state index in [0.717, 1.165) is 0 Å². The number of rotatable bonds is 70. The van der Waals surface area contributed by atoms with Crippen LogP contribution < -0.4 is 0 Å². The Morgan fingerprint density at radius 2 is 0.354 bits per heavy atom. The molecule has 0 spiro atoms. The van der Waals surface area contributed by atoms with E-state index in [9.17, 15) is 0 Å². The van der Waals surface area contributed by atoms with Crippen LogP contribution >= 0.6 is 0 Å². The quantitative estimate of drug-likeness (QED) is 0.0579. The van der Waals surface area contributed by atoms with Crippen LogP contribution in [0.2, 0.25) is 0 Å². The Labute approximate surface area is 518 Å². The zero-order valence-electron chi connectivity index (χ0n) is 57.0. The average molecular weight is 1140 g/mol. The molecule has 82 heavy (non-hydrogen) atoms. The van der Waals surface area contributed by atoms with Crippen molar-refractivity contribution in [2.24, 2.45) is 0 Å². The highest BCUT2D eigenvalue weighted by Gasteiger charge is 2.09. The molecular weight excluding hydrogens is 985 g/mol. The zero-order valence-corrected chi connectivity index (χ0v) is 57.0. The first-order valence-corrected chi connectivity index (χ1v) is 39.4. The largest absolute Gasteiger partial charge is 0.0654 e. The van der Waals surface area contributed by atoms with E-state index in [1.54, 1.807) is 11.1 Å². The fourth-order valence-electron chi connectivity index (χ4n) is 14.0. The molecule has 0 amide bonds. The lowest BCUT2D eigenvalue weighted by molar-refractivity contribution is 0.511. The maximum atomic E-state index is 2.49. The summed E-state index contributed by atoms with van der Waals surface area (Å²) in [7, 11) is 0. The van der Waals surface area contributed by atoms with Crippen molar-refractivity contribution in [3.05, 3.63) is 47.5 Å². The Hall–Kier alpha value is -1.30. The van der Waals surface area contributed by atoms with Gasteiger partial charge in [0.1, 0.15) is 0 Å². The van der Waals surface area contributed by atoms with Crippen molar-refractivity contribution in [3.8, 4) is 0 Å². The SMILES string of the molecule is CCCCCCCCCCCCCCCCCCCCCCCCCCCCCCCCCCCCc1ccc2ccccc2c1CCCCCCCCCCCCCCCCCCCCCCCCCCCCCCCCCCCC. The molecule has 0 radical (unpaired) electrons. The van der Waals surface area contributed by atoms with E-state index in [1.807, 2.05) is 0 Å². The van der Waals surface area contributed by atoms with E-state index in [2.05, 4.69) is 50.2 Å². The first-order chi connectivity index (χ1) is 40.9. The first kappa shape index (κ1) is 76.8. The van der Waals surface area contributed by atoms with Crippen molar-refractivity contribution in [1.29, 1.82) is 0 Å². The van der Waals surface area contributed by atoms with Gasteiger partial charge in [-0.15, -0.1) is 0 Å². The highest BCUT2D eigenvalue weighted by atomic mass is 14.1. The van der Waals surface area contributed by atoms with Crippen LogP contribution in [0.15, 0.2) is 36.4 Å².